The summed E-state index contributed by atoms with van der Waals surface area (Å²) in [6.07, 6.45) is 6.53. The van der Waals surface area contributed by atoms with Gasteiger partial charge >= 0.3 is 0 Å². The molecule has 1 unspecified atom stereocenters. The van der Waals surface area contributed by atoms with E-state index in [-0.39, 0.29) is 11.9 Å². The van der Waals surface area contributed by atoms with Crippen LogP contribution in [0.3, 0.4) is 0 Å². The second kappa shape index (κ2) is 10.9. The van der Waals surface area contributed by atoms with Crippen LogP contribution in [0.4, 0.5) is 17.1 Å². The standard InChI is InChI=1S/C28H31N3O2/c1-2-24(32)12-4-3-5-15-27(31-19-18-29-25-13-8-9-14-26(25)31)28(33)30-23-17-16-21-10-6-7-11-22(21)20-23/h6-11,13-14,16-18,20,27H,2-5,12,15,19H2,1H3,(H,30,33). The molecule has 0 saturated heterocycles. The van der Waals surface area contributed by atoms with Crippen LogP contribution in [0.5, 0.6) is 0 Å². The molecule has 5 nitrogen and oxygen atoms in total. The predicted octanol–water partition coefficient (Wildman–Crippen LogP) is 6.30. The van der Waals surface area contributed by atoms with Gasteiger partial charge in [0.15, 0.2) is 0 Å². The van der Waals surface area contributed by atoms with Crippen molar-refractivity contribution in [3.8, 4) is 0 Å². The number of anilines is 2. The van der Waals surface area contributed by atoms with E-state index < -0.39 is 0 Å². The number of fused-ring (bicyclic) bond motifs is 2. The van der Waals surface area contributed by atoms with E-state index in [0.717, 1.165) is 53.5 Å². The zero-order valence-electron chi connectivity index (χ0n) is 19.2. The van der Waals surface area contributed by atoms with E-state index in [1.807, 2.05) is 67.7 Å². The lowest BCUT2D eigenvalue weighted by Crippen LogP contribution is -2.46. The summed E-state index contributed by atoms with van der Waals surface area (Å²) in [6, 6.07) is 21.8. The van der Waals surface area contributed by atoms with Gasteiger partial charge in [0.2, 0.25) is 5.91 Å². The molecule has 0 fully saturated rings. The molecule has 0 spiro atoms. The number of aliphatic imine (C=N–C) groups is 1. The zero-order valence-corrected chi connectivity index (χ0v) is 19.2. The summed E-state index contributed by atoms with van der Waals surface area (Å²) in [5.74, 6) is 0.293. The number of ketones is 1. The fourth-order valence-electron chi connectivity index (χ4n) is 4.37. The molecule has 3 aromatic rings. The first-order valence-electron chi connectivity index (χ1n) is 11.9. The van der Waals surface area contributed by atoms with Gasteiger partial charge in [0.05, 0.1) is 17.9 Å². The van der Waals surface area contributed by atoms with E-state index in [1.165, 1.54) is 0 Å². The molecule has 1 aliphatic rings. The topological polar surface area (TPSA) is 61.8 Å². The van der Waals surface area contributed by atoms with E-state index in [0.29, 0.717) is 25.2 Å². The third-order valence-corrected chi connectivity index (χ3v) is 6.22. The van der Waals surface area contributed by atoms with Crippen molar-refractivity contribution < 1.29 is 9.59 Å². The first-order valence-corrected chi connectivity index (χ1v) is 11.9. The van der Waals surface area contributed by atoms with E-state index >= 15 is 0 Å². The van der Waals surface area contributed by atoms with E-state index in [1.54, 1.807) is 0 Å². The third-order valence-electron chi connectivity index (χ3n) is 6.22. The summed E-state index contributed by atoms with van der Waals surface area (Å²) in [6.45, 7) is 2.51. The molecule has 0 saturated carbocycles. The van der Waals surface area contributed by atoms with Gasteiger partial charge < -0.3 is 10.2 Å². The number of hydrogen-bond donors (Lipinski definition) is 1. The van der Waals surface area contributed by atoms with Crippen molar-refractivity contribution in [2.75, 3.05) is 16.8 Å². The summed E-state index contributed by atoms with van der Waals surface area (Å²) in [4.78, 5) is 31.8. The van der Waals surface area contributed by atoms with Crippen LogP contribution in [0.2, 0.25) is 0 Å². The number of nitrogens with zero attached hydrogens (tertiary/aromatic N) is 2. The number of hydrogen-bond acceptors (Lipinski definition) is 4. The highest BCUT2D eigenvalue weighted by atomic mass is 16.2. The molecular weight excluding hydrogens is 410 g/mol. The van der Waals surface area contributed by atoms with E-state index in [2.05, 4.69) is 27.3 Å². The Bertz CT molecular complexity index is 1150. The molecule has 170 valence electrons. The first-order chi connectivity index (χ1) is 16.2. The van der Waals surface area contributed by atoms with Crippen LogP contribution < -0.4 is 10.2 Å². The van der Waals surface area contributed by atoms with Crippen molar-refractivity contribution in [1.29, 1.82) is 0 Å². The number of nitrogens with one attached hydrogen (secondary N) is 1. The highest BCUT2D eigenvalue weighted by Crippen LogP contribution is 2.33. The Labute approximate surface area is 195 Å². The fraction of sp³-hybridized carbons (Fsp3) is 0.321. The summed E-state index contributed by atoms with van der Waals surface area (Å²) < 4.78 is 0. The number of carbonyl (C=O) groups excluding carboxylic acids is 2. The number of para-hydroxylation sites is 2. The number of unbranched alkanes of at least 4 members (excludes halogenated alkanes) is 2. The van der Waals surface area contributed by atoms with Crippen LogP contribution in [0.1, 0.15) is 45.4 Å². The molecule has 0 radical (unpaired) electrons. The lowest BCUT2D eigenvalue weighted by Gasteiger charge is -2.34. The number of Topliss-reactive ketones (excluding diaryl/α,β-unsaturated/α-hetero) is 1. The van der Waals surface area contributed by atoms with Gasteiger partial charge in [0, 0.05) is 24.7 Å². The number of carbonyl (C=O) groups is 2. The molecule has 0 bridgehead atoms. The highest BCUT2D eigenvalue weighted by Gasteiger charge is 2.28. The SMILES string of the molecule is CCC(=O)CCCCCC(C(=O)Nc1ccc2ccccc2c1)N1CC=Nc2ccccc21. The number of benzene rings is 3. The molecular formula is C28H31N3O2. The Hall–Kier alpha value is -3.47. The van der Waals surface area contributed by atoms with E-state index in [9.17, 15) is 9.59 Å². The maximum absolute atomic E-state index is 13.5. The van der Waals surface area contributed by atoms with Crippen LogP contribution in [0.25, 0.3) is 10.8 Å². The normalized spacial score (nSPS) is 13.5. The van der Waals surface area contributed by atoms with Gasteiger partial charge in [-0.15, -0.1) is 0 Å². The zero-order chi connectivity index (χ0) is 23.0. The quantitative estimate of drug-likeness (QED) is 0.376. The van der Waals surface area contributed by atoms with Crippen LogP contribution >= 0.6 is 0 Å². The van der Waals surface area contributed by atoms with Crippen molar-refractivity contribution in [2.24, 2.45) is 4.99 Å². The lowest BCUT2D eigenvalue weighted by molar-refractivity contribution is -0.119. The minimum absolute atomic E-state index is 0.0139. The minimum Gasteiger partial charge on any atom is -0.352 e. The Morgan fingerprint density at radius 3 is 2.61 bits per heavy atom. The minimum atomic E-state index is -0.314. The molecule has 0 aromatic heterocycles. The number of rotatable bonds is 10. The number of amides is 1. The maximum atomic E-state index is 13.5. The van der Waals surface area contributed by atoms with Gasteiger partial charge in [0.25, 0.3) is 0 Å². The highest BCUT2D eigenvalue weighted by molar-refractivity contribution is 6.00. The van der Waals surface area contributed by atoms with Gasteiger partial charge in [-0.25, -0.2) is 0 Å². The second-order valence-electron chi connectivity index (χ2n) is 8.51. The Balaban J connectivity index is 1.50. The predicted molar refractivity (Wildman–Crippen MR) is 137 cm³/mol. The summed E-state index contributed by atoms with van der Waals surface area (Å²) in [5, 5.41) is 5.40. The first kappa shape index (κ1) is 22.7. The second-order valence-corrected chi connectivity index (χ2v) is 8.51. The third kappa shape index (κ3) is 5.67. The van der Waals surface area contributed by atoms with Crippen molar-refractivity contribution in [3.05, 3.63) is 66.7 Å². The molecule has 3 aromatic carbocycles. The monoisotopic (exact) mass is 441 g/mol. The lowest BCUT2D eigenvalue weighted by atomic mass is 10.0. The van der Waals surface area contributed by atoms with Gasteiger partial charge in [0.1, 0.15) is 11.8 Å². The summed E-state index contributed by atoms with van der Waals surface area (Å²) in [7, 11) is 0. The van der Waals surface area contributed by atoms with Crippen LogP contribution in [0.15, 0.2) is 71.7 Å². The van der Waals surface area contributed by atoms with Crippen molar-refractivity contribution in [1.82, 2.24) is 0 Å². The van der Waals surface area contributed by atoms with Crippen molar-refractivity contribution in [2.45, 2.75) is 51.5 Å². The summed E-state index contributed by atoms with van der Waals surface area (Å²) in [5.41, 5.74) is 2.68. The molecule has 1 atom stereocenters. The molecule has 1 amide bonds. The van der Waals surface area contributed by atoms with Gasteiger partial charge in [-0.3, -0.25) is 14.6 Å². The Morgan fingerprint density at radius 1 is 0.970 bits per heavy atom. The van der Waals surface area contributed by atoms with Gasteiger partial charge in [-0.05, 0) is 47.9 Å². The Kier molecular flexibility index (Phi) is 7.51. The average Bonchev–Trinajstić information content (AvgIpc) is 2.85. The van der Waals surface area contributed by atoms with Crippen LogP contribution in [0, 0.1) is 0 Å². The fourth-order valence-corrected chi connectivity index (χ4v) is 4.37. The largest absolute Gasteiger partial charge is 0.352 e. The van der Waals surface area contributed by atoms with Crippen molar-refractivity contribution >= 4 is 45.7 Å². The molecule has 33 heavy (non-hydrogen) atoms. The van der Waals surface area contributed by atoms with Gasteiger partial charge in [-0.1, -0.05) is 62.2 Å². The van der Waals surface area contributed by atoms with Crippen LogP contribution in [-0.2, 0) is 9.59 Å². The Morgan fingerprint density at radius 2 is 1.76 bits per heavy atom. The summed E-state index contributed by atoms with van der Waals surface area (Å²) >= 11 is 0. The van der Waals surface area contributed by atoms with Crippen LogP contribution in [-0.4, -0.2) is 30.5 Å². The van der Waals surface area contributed by atoms with E-state index in [4.69, 9.17) is 0 Å². The average molecular weight is 442 g/mol. The molecule has 1 aliphatic heterocycles. The molecule has 0 aliphatic carbocycles. The molecule has 5 heteroatoms. The maximum Gasteiger partial charge on any atom is 0.247 e. The molecule has 1 N–H and O–H groups in total. The molecule has 4 rings (SSSR count). The van der Waals surface area contributed by atoms with Crippen molar-refractivity contribution in [3.63, 3.8) is 0 Å². The molecule has 1 heterocycles. The smallest absolute Gasteiger partial charge is 0.247 e. The van der Waals surface area contributed by atoms with Gasteiger partial charge in [-0.2, -0.15) is 0 Å².